The lowest BCUT2D eigenvalue weighted by Gasteiger charge is -2.32. The van der Waals surface area contributed by atoms with Crippen LogP contribution in [0.2, 0.25) is 0 Å². The van der Waals surface area contributed by atoms with Gasteiger partial charge in [-0.3, -0.25) is 4.79 Å². The van der Waals surface area contributed by atoms with E-state index in [1.807, 2.05) is 0 Å². The first-order valence-corrected chi connectivity index (χ1v) is 9.06. The molecule has 0 aliphatic heterocycles. The van der Waals surface area contributed by atoms with Gasteiger partial charge in [0.25, 0.3) is 5.60 Å². The third-order valence-corrected chi connectivity index (χ3v) is 5.53. The lowest BCUT2D eigenvalue weighted by atomic mass is 9.86. The van der Waals surface area contributed by atoms with Gasteiger partial charge in [0.15, 0.2) is 0 Å². The third kappa shape index (κ3) is 4.87. The van der Waals surface area contributed by atoms with Crippen molar-refractivity contribution >= 4 is 11.9 Å². The van der Waals surface area contributed by atoms with Crippen molar-refractivity contribution in [3.05, 3.63) is 12.2 Å². The Morgan fingerprint density at radius 2 is 1.66 bits per heavy atom. The maximum Gasteiger partial charge on any atom is 0.426 e. The molecule has 11 heteroatoms. The van der Waals surface area contributed by atoms with Crippen molar-refractivity contribution in [1.29, 1.82) is 0 Å². The number of rotatable bonds is 7. The Bertz CT molecular complexity index is 642. The average molecular weight is 432 g/mol. The van der Waals surface area contributed by atoms with Gasteiger partial charge in [0, 0.05) is 11.5 Å². The summed E-state index contributed by atoms with van der Waals surface area (Å²) in [5.41, 5.74) is -4.66. The molecule has 29 heavy (non-hydrogen) atoms. The molecule has 1 N–H and O–H groups in total. The summed E-state index contributed by atoms with van der Waals surface area (Å²) >= 11 is 0. The summed E-state index contributed by atoms with van der Waals surface area (Å²) in [6, 6.07) is 0. The second kappa shape index (κ2) is 8.16. The standard InChI is InChI=1S/C18H22F6O5/c1-9(2)14(25)29-13-8-10-6-11(13)12(7-10)15(26)28-5-3-4-16(27,17(19,20)21)18(22,23)24/h10-13,27H,1,3-8H2,2H3. The highest BCUT2D eigenvalue weighted by Crippen LogP contribution is 2.50. The van der Waals surface area contributed by atoms with Gasteiger partial charge in [0.1, 0.15) is 6.10 Å². The number of ether oxygens (including phenoxy) is 2. The summed E-state index contributed by atoms with van der Waals surface area (Å²) in [6.07, 6.45) is -13.1. The maximum absolute atomic E-state index is 12.6. The molecule has 2 aliphatic rings. The van der Waals surface area contributed by atoms with Crippen LogP contribution in [0.1, 0.15) is 39.0 Å². The predicted octanol–water partition coefficient (Wildman–Crippen LogP) is 3.70. The molecular formula is C18H22F6O5. The quantitative estimate of drug-likeness (QED) is 0.288. The van der Waals surface area contributed by atoms with E-state index in [2.05, 4.69) is 6.58 Å². The molecule has 5 nitrogen and oxygen atoms in total. The zero-order chi connectivity index (χ0) is 22.2. The van der Waals surface area contributed by atoms with Gasteiger partial charge in [0.05, 0.1) is 12.5 Å². The fraction of sp³-hybridized carbons (Fsp3) is 0.778. The average Bonchev–Trinajstić information content (AvgIpc) is 3.16. The van der Waals surface area contributed by atoms with Crippen LogP contribution in [-0.4, -0.2) is 47.7 Å². The van der Waals surface area contributed by atoms with Gasteiger partial charge in [-0.25, -0.2) is 4.79 Å². The summed E-state index contributed by atoms with van der Waals surface area (Å²) in [6.45, 7) is 4.25. The number of esters is 2. The summed E-state index contributed by atoms with van der Waals surface area (Å²) < 4.78 is 85.8. The van der Waals surface area contributed by atoms with E-state index in [0.717, 1.165) is 0 Å². The number of hydrogen-bond acceptors (Lipinski definition) is 5. The van der Waals surface area contributed by atoms with E-state index in [0.29, 0.717) is 19.3 Å². The fourth-order valence-corrected chi connectivity index (χ4v) is 3.98. The number of carbonyl (C=O) groups excluding carboxylic acids is 2. The van der Waals surface area contributed by atoms with E-state index in [1.54, 1.807) is 0 Å². The molecule has 4 unspecified atom stereocenters. The minimum absolute atomic E-state index is 0.126. The Labute approximate surface area is 163 Å². The highest BCUT2D eigenvalue weighted by atomic mass is 19.4. The van der Waals surface area contributed by atoms with Crippen LogP contribution in [-0.2, 0) is 19.1 Å². The molecule has 2 aliphatic carbocycles. The SMILES string of the molecule is C=C(C)C(=O)OC1CC2CC(C(=O)OCCCC(O)(C(F)(F)F)C(F)(F)F)C1C2. The van der Waals surface area contributed by atoms with E-state index in [9.17, 15) is 35.9 Å². The number of alkyl halides is 6. The summed E-state index contributed by atoms with van der Waals surface area (Å²) in [4.78, 5) is 23.9. The molecule has 0 radical (unpaired) electrons. The van der Waals surface area contributed by atoms with Gasteiger partial charge in [0.2, 0.25) is 0 Å². The molecule has 2 rings (SSSR count). The topological polar surface area (TPSA) is 72.8 Å². The lowest BCUT2D eigenvalue weighted by Crippen LogP contribution is -2.56. The molecule has 0 aromatic rings. The molecule has 0 saturated heterocycles. The number of hydrogen-bond donors (Lipinski definition) is 1. The summed E-state index contributed by atoms with van der Waals surface area (Å²) in [7, 11) is 0. The van der Waals surface area contributed by atoms with Gasteiger partial charge in [-0.15, -0.1) is 0 Å². The Hall–Kier alpha value is -1.78. The van der Waals surface area contributed by atoms with Crippen molar-refractivity contribution in [3.8, 4) is 0 Å². The fourth-order valence-electron chi connectivity index (χ4n) is 3.98. The molecule has 0 aromatic carbocycles. The highest BCUT2D eigenvalue weighted by Gasteiger charge is 2.69. The second-order valence-corrected chi connectivity index (χ2v) is 7.69. The summed E-state index contributed by atoms with van der Waals surface area (Å²) in [5.74, 6) is -2.16. The minimum Gasteiger partial charge on any atom is -0.465 e. The lowest BCUT2D eigenvalue weighted by molar-refractivity contribution is -0.370. The maximum atomic E-state index is 12.6. The van der Waals surface area contributed by atoms with Crippen molar-refractivity contribution in [1.82, 2.24) is 0 Å². The third-order valence-electron chi connectivity index (χ3n) is 5.53. The number of fused-ring (bicyclic) bond motifs is 2. The van der Waals surface area contributed by atoms with Gasteiger partial charge in [-0.1, -0.05) is 6.58 Å². The van der Waals surface area contributed by atoms with E-state index in [1.165, 1.54) is 6.92 Å². The zero-order valence-electron chi connectivity index (χ0n) is 15.6. The van der Waals surface area contributed by atoms with E-state index in [-0.39, 0.29) is 17.4 Å². The van der Waals surface area contributed by atoms with Gasteiger partial charge in [-0.2, -0.15) is 26.3 Å². The molecule has 0 amide bonds. The number of aliphatic hydroxyl groups is 1. The van der Waals surface area contributed by atoms with Crippen molar-refractivity contribution in [2.45, 2.75) is 63.1 Å². The van der Waals surface area contributed by atoms with Gasteiger partial charge < -0.3 is 14.6 Å². The smallest absolute Gasteiger partial charge is 0.426 e. The molecule has 0 spiro atoms. The zero-order valence-corrected chi connectivity index (χ0v) is 15.6. The first kappa shape index (κ1) is 23.5. The first-order chi connectivity index (χ1) is 13.2. The Morgan fingerprint density at radius 3 is 2.14 bits per heavy atom. The van der Waals surface area contributed by atoms with E-state index < -0.39 is 61.4 Å². The Morgan fingerprint density at radius 1 is 1.07 bits per heavy atom. The Kier molecular flexibility index (Phi) is 6.61. The Balaban J connectivity index is 1.87. The van der Waals surface area contributed by atoms with Crippen molar-refractivity contribution in [2.75, 3.05) is 6.61 Å². The normalized spacial score (nSPS) is 27.0. The predicted molar refractivity (Wildman–Crippen MR) is 86.3 cm³/mol. The van der Waals surface area contributed by atoms with Crippen LogP contribution in [0.5, 0.6) is 0 Å². The minimum atomic E-state index is -5.90. The van der Waals surface area contributed by atoms with Crippen LogP contribution in [0.4, 0.5) is 26.3 Å². The van der Waals surface area contributed by atoms with Gasteiger partial charge in [-0.05, 0) is 44.9 Å². The van der Waals surface area contributed by atoms with Crippen LogP contribution in [0.3, 0.4) is 0 Å². The van der Waals surface area contributed by atoms with Crippen LogP contribution in [0.25, 0.3) is 0 Å². The largest absolute Gasteiger partial charge is 0.465 e. The molecular weight excluding hydrogens is 410 g/mol. The highest BCUT2D eigenvalue weighted by molar-refractivity contribution is 5.87. The molecule has 2 bridgehead atoms. The molecule has 2 saturated carbocycles. The van der Waals surface area contributed by atoms with Crippen LogP contribution >= 0.6 is 0 Å². The monoisotopic (exact) mass is 432 g/mol. The number of halogens is 6. The van der Waals surface area contributed by atoms with Crippen molar-refractivity contribution in [3.63, 3.8) is 0 Å². The molecule has 4 atom stereocenters. The van der Waals surface area contributed by atoms with Crippen LogP contribution in [0.15, 0.2) is 12.2 Å². The van der Waals surface area contributed by atoms with Crippen LogP contribution < -0.4 is 0 Å². The first-order valence-electron chi connectivity index (χ1n) is 9.06. The van der Waals surface area contributed by atoms with Gasteiger partial charge >= 0.3 is 24.3 Å². The van der Waals surface area contributed by atoms with Crippen molar-refractivity contribution in [2.24, 2.45) is 17.8 Å². The molecule has 0 heterocycles. The second-order valence-electron chi connectivity index (χ2n) is 7.69. The van der Waals surface area contributed by atoms with E-state index in [4.69, 9.17) is 14.6 Å². The van der Waals surface area contributed by atoms with Crippen LogP contribution in [0, 0.1) is 17.8 Å². The molecule has 166 valence electrons. The van der Waals surface area contributed by atoms with E-state index >= 15 is 0 Å². The number of carbonyl (C=O) groups is 2. The molecule has 2 fully saturated rings. The van der Waals surface area contributed by atoms with Crippen molar-refractivity contribution < 1.29 is 50.5 Å². The molecule has 0 aromatic heterocycles. The summed E-state index contributed by atoms with van der Waals surface area (Å²) in [5, 5.41) is 9.06.